The van der Waals surface area contributed by atoms with Crippen LogP contribution in [0.3, 0.4) is 0 Å². The largest absolute Gasteiger partial charge is 0.508 e. The van der Waals surface area contributed by atoms with E-state index in [9.17, 15) is 19.8 Å². The normalized spacial score (nSPS) is 35.1. The first-order valence-corrected chi connectivity index (χ1v) is 10.7. The van der Waals surface area contributed by atoms with Gasteiger partial charge >= 0.3 is 6.03 Å². The van der Waals surface area contributed by atoms with Crippen LogP contribution in [-0.4, -0.2) is 70.3 Å². The number of fused-ring (bicyclic) bond motifs is 1. The Balaban J connectivity index is 1.62. The van der Waals surface area contributed by atoms with Gasteiger partial charge in [0.1, 0.15) is 5.75 Å². The van der Waals surface area contributed by atoms with E-state index in [0.717, 1.165) is 30.5 Å². The van der Waals surface area contributed by atoms with Gasteiger partial charge in [0.25, 0.3) is 0 Å². The molecule has 3 N–H and O–H groups in total. The molecule has 4 aliphatic rings. The van der Waals surface area contributed by atoms with Crippen LogP contribution in [0, 0.1) is 5.92 Å². The highest BCUT2D eigenvalue weighted by molar-refractivity contribution is 5.95. The summed E-state index contributed by atoms with van der Waals surface area (Å²) in [6.45, 7) is 1.82. The van der Waals surface area contributed by atoms with Crippen LogP contribution in [0.4, 0.5) is 4.79 Å². The maximum Gasteiger partial charge on any atom is 0.324 e. The van der Waals surface area contributed by atoms with Crippen LogP contribution in [0.2, 0.25) is 0 Å². The van der Waals surface area contributed by atoms with Crippen LogP contribution in [0.5, 0.6) is 5.75 Å². The van der Waals surface area contributed by atoms with E-state index in [4.69, 9.17) is 0 Å². The molecule has 1 aromatic carbocycles. The van der Waals surface area contributed by atoms with Gasteiger partial charge in [-0.2, -0.15) is 0 Å². The molecule has 156 valence electrons. The average molecular weight is 399 g/mol. The maximum atomic E-state index is 13.0. The predicted molar refractivity (Wildman–Crippen MR) is 107 cm³/mol. The molecule has 7 heteroatoms. The summed E-state index contributed by atoms with van der Waals surface area (Å²) in [5, 5.41) is 25.0. The lowest BCUT2D eigenvalue weighted by molar-refractivity contribution is -0.155. The molecular formula is C22H29N3O4. The number of likely N-dealkylation sites (tertiary alicyclic amines) is 1. The molecule has 7 nitrogen and oxygen atoms in total. The number of phenols is 1. The van der Waals surface area contributed by atoms with E-state index in [1.165, 1.54) is 0 Å². The number of likely N-dealkylation sites (N-methyl/N-ethyl adjacent to an activating group) is 1. The smallest absolute Gasteiger partial charge is 0.324 e. The molecule has 1 saturated carbocycles. The molecule has 29 heavy (non-hydrogen) atoms. The maximum absolute atomic E-state index is 13.0. The van der Waals surface area contributed by atoms with Crippen LogP contribution in [-0.2, 0) is 16.6 Å². The van der Waals surface area contributed by atoms with Gasteiger partial charge in [-0.15, -0.1) is 0 Å². The summed E-state index contributed by atoms with van der Waals surface area (Å²) in [6, 6.07) is 4.83. The van der Waals surface area contributed by atoms with E-state index >= 15 is 0 Å². The van der Waals surface area contributed by atoms with Crippen LogP contribution in [0.25, 0.3) is 0 Å². The zero-order chi connectivity index (χ0) is 20.4. The number of aliphatic hydroxyl groups is 1. The number of imide groups is 1. The van der Waals surface area contributed by atoms with E-state index in [1.54, 1.807) is 17.0 Å². The van der Waals surface area contributed by atoms with Crippen molar-refractivity contribution in [3.05, 3.63) is 29.3 Å². The summed E-state index contributed by atoms with van der Waals surface area (Å²) in [6.07, 6.45) is 3.98. The summed E-state index contributed by atoms with van der Waals surface area (Å²) in [5.41, 5.74) is -0.0269. The van der Waals surface area contributed by atoms with Crippen LogP contribution in [0.15, 0.2) is 18.2 Å². The average Bonchev–Trinajstić information content (AvgIpc) is 3.48. The first-order chi connectivity index (χ1) is 13.8. The Morgan fingerprint density at radius 1 is 1.21 bits per heavy atom. The highest BCUT2D eigenvalue weighted by Crippen LogP contribution is 2.55. The van der Waals surface area contributed by atoms with E-state index in [0.29, 0.717) is 38.3 Å². The molecule has 5 rings (SSSR count). The molecule has 3 atom stereocenters. The fourth-order valence-corrected chi connectivity index (χ4v) is 5.96. The van der Waals surface area contributed by atoms with Gasteiger partial charge in [0.2, 0.25) is 5.91 Å². The third-order valence-electron chi connectivity index (χ3n) is 7.76. The number of phenolic OH excluding ortho intramolecular Hbond substituents is 1. The minimum atomic E-state index is -1.15. The summed E-state index contributed by atoms with van der Waals surface area (Å²) < 4.78 is 0. The van der Waals surface area contributed by atoms with Crippen molar-refractivity contribution in [1.29, 1.82) is 0 Å². The third-order valence-corrected chi connectivity index (χ3v) is 7.76. The number of nitrogens with zero attached hydrogens (tertiary/aromatic N) is 2. The first-order valence-electron chi connectivity index (χ1n) is 10.7. The molecule has 2 heterocycles. The van der Waals surface area contributed by atoms with Gasteiger partial charge in [0.15, 0.2) is 0 Å². The molecule has 1 aromatic rings. The molecule has 2 saturated heterocycles. The van der Waals surface area contributed by atoms with Crippen molar-refractivity contribution in [2.24, 2.45) is 5.92 Å². The van der Waals surface area contributed by atoms with Crippen molar-refractivity contribution in [3.8, 4) is 5.75 Å². The predicted octanol–water partition coefficient (Wildman–Crippen LogP) is 1.36. The molecular weight excluding hydrogens is 370 g/mol. The lowest BCUT2D eigenvalue weighted by Gasteiger charge is -2.61. The van der Waals surface area contributed by atoms with Crippen molar-refractivity contribution < 1.29 is 19.8 Å². The number of carbonyl (C=O) groups excluding carboxylic acids is 2. The third kappa shape index (κ3) is 2.86. The molecule has 2 bridgehead atoms. The van der Waals surface area contributed by atoms with Gasteiger partial charge in [-0.3, -0.25) is 10.1 Å². The zero-order valence-corrected chi connectivity index (χ0v) is 16.9. The van der Waals surface area contributed by atoms with Crippen LogP contribution in [0.1, 0.15) is 43.2 Å². The topological polar surface area (TPSA) is 93.1 Å². The van der Waals surface area contributed by atoms with Crippen molar-refractivity contribution in [3.63, 3.8) is 0 Å². The quantitative estimate of drug-likeness (QED) is 0.698. The monoisotopic (exact) mass is 399 g/mol. The highest BCUT2D eigenvalue weighted by atomic mass is 16.3. The van der Waals surface area contributed by atoms with Crippen molar-refractivity contribution in [2.45, 2.75) is 55.6 Å². The number of hydrogen-bond donors (Lipinski definition) is 3. The molecule has 3 fully saturated rings. The van der Waals surface area contributed by atoms with Crippen LogP contribution >= 0.6 is 0 Å². The van der Waals surface area contributed by atoms with E-state index < -0.39 is 11.0 Å². The highest BCUT2D eigenvalue weighted by Gasteiger charge is 2.63. The van der Waals surface area contributed by atoms with Gasteiger partial charge in [0.05, 0.1) is 5.60 Å². The van der Waals surface area contributed by atoms with Gasteiger partial charge in [-0.05, 0) is 74.9 Å². The van der Waals surface area contributed by atoms with Crippen molar-refractivity contribution >= 4 is 11.9 Å². The number of hydrogen-bond acceptors (Lipinski definition) is 5. The minimum absolute atomic E-state index is 0.0489. The number of piperidine rings is 1. The molecule has 0 aromatic heterocycles. The van der Waals surface area contributed by atoms with E-state index in [-0.39, 0.29) is 30.2 Å². The van der Waals surface area contributed by atoms with Gasteiger partial charge in [0, 0.05) is 31.0 Å². The molecule has 3 amide bonds. The first kappa shape index (κ1) is 18.9. The standard InChI is InChI=1S/C22H29N3O4/c1-24-8-6-21-12-19(27)23-20(28)25(13-14-2-3-14)9-7-22(21,29)18(24)10-15-4-5-16(26)11-17(15)21/h4-5,11,14,18,26,29H,2-3,6-10,12-13H2,1H3,(H,23,27,28)/t18-,21-,22-/m1/s1. The number of amides is 3. The van der Waals surface area contributed by atoms with Crippen molar-refractivity contribution in [1.82, 2.24) is 15.1 Å². The second kappa shape index (κ2) is 6.44. The Kier molecular flexibility index (Phi) is 4.19. The van der Waals surface area contributed by atoms with E-state index in [2.05, 4.69) is 10.2 Å². The number of aromatic hydroxyl groups is 1. The Labute approximate surface area is 170 Å². The van der Waals surface area contributed by atoms with Crippen LogP contribution < -0.4 is 5.32 Å². The van der Waals surface area contributed by atoms with Gasteiger partial charge in [-0.1, -0.05) is 6.07 Å². The van der Waals surface area contributed by atoms with Gasteiger partial charge < -0.3 is 20.0 Å². The summed E-state index contributed by atoms with van der Waals surface area (Å²) >= 11 is 0. The molecule has 2 aliphatic heterocycles. The Morgan fingerprint density at radius 3 is 2.76 bits per heavy atom. The Hall–Kier alpha value is -2.12. The zero-order valence-electron chi connectivity index (χ0n) is 16.9. The second-order valence-electron chi connectivity index (χ2n) is 9.47. The SMILES string of the molecule is CN1CC[C@]23CC(=O)NC(=O)N(CC4CC4)CC[C@@]2(O)[C@H]1Cc1ccc(O)cc13. The summed E-state index contributed by atoms with van der Waals surface area (Å²) in [4.78, 5) is 29.6. The van der Waals surface area contributed by atoms with Gasteiger partial charge in [-0.25, -0.2) is 4.79 Å². The Morgan fingerprint density at radius 2 is 2.00 bits per heavy atom. The molecule has 2 aliphatic carbocycles. The lowest BCUT2D eigenvalue weighted by Crippen LogP contribution is -2.71. The minimum Gasteiger partial charge on any atom is -0.508 e. The fourth-order valence-electron chi connectivity index (χ4n) is 5.96. The fraction of sp³-hybridized carbons (Fsp3) is 0.636. The lowest BCUT2D eigenvalue weighted by atomic mass is 9.52. The molecule has 0 unspecified atom stereocenters. The number of rotatable bonds is 2. The van der Waals surface area contributed by atoms with Crippen molar-refractivity contribution in [2.75, 3.05) is 26.7 Å². The number of nitrogens with one attached hydrogen (secondary N) is 1. The second-order valence-corrected chi connectivity index (χ2v) is 9.47. The molecule has 0 spiro atoms. The molecule has 0 radical (unpaired) electrons. The van der Waals surface area contributed by atoms with E-state index in [1.807, 2.05) is 13.1 Å². The number of carbonyl (C=O) groups is 2. The number of urea groups is 1. The number of benzene rings is 1. The Bertz CT molecular complexity index is 870. The summed E-state index contributed by atoms with van der Waals surface area (Å²) in [5.74, 6) is 0.298. The summed E-state index contributed by atoms with van der Waals surface area (Å²) in [7, 11) is 2.03.